The topological polar surface area (TPSA) is 39.2 Å². The van der Waals surface area contributed by atoms with Crippen LogP contribution in [0.1, 0.15) is 47.4 Å². The Morgan fingerprint density at radius 3 is 2.29 bits per heavy atom. The van der Waals surface area contributed by atoms with Crippen molar-refractivity contribution in [1.29, 1.82) is 0 Å². The van der Waals surface area contributed by atoms with Crippen molar-refractivity contribution < 1.29 is 31.5 Å². The number of carbonyl (C=O) groups excluding carboxylic acids is 1. The molecule has 0 spiro atoms. The molecule has 1 atom stereocenters. The van der Waals surface area contributed by atoms with Gasteiger partial charge in [0, 0.05) is 35.4 Å². The average Bonchev–Trinajstić information content (AvgIpc) is 2.64. The maximum atomic E-state index is 14.0. The normalized spacial score (nSPS) is 22.1. The number of benzene rings is 1. The standard InChI is InChI=1S/C20H18F5NO2/c1-17(2)11-18(28-3,15-6-4-5-9-26-15)14-10-12(7-8-13(14)16(17)27)19(21,22)20(23,24)25/h4-10H,11H2,1-3H3. The Morgan fingerprint density at radius 2 is 1.75 bits per heavy atom. The lowest BCUT2D eigenvalue weighted by Gasteiger charge is -2.44. The monoisotopic (exact) mass is 399 g/mol. The molecule has 3 nitrogen and oxygen atoms in total. The fourth-order valence-corrected chi connectivity index (χ4v) is 3.71. The second-order valence-electron chi connectivity index (χ2n) is 7.47. The van der Waals surface area contributed by atoms with E-state index in [4.69, 9.17) is 4.74 Å². The van der Waals surface area contributed by atoms with Gasteiger partial charge in [-0.15, -0.1) is 0 Å². The predicted octanol–water partition coefficient (Wildman–Crippen LogP) is 5.24. The number of pyridine rings is 1. The lowest BCUT2D eigenvalue weighted by Crippen LogP contribution is -2.46. The number of hydrogen-bond donors (Lipinski definition) is 0. The summed E-state index contributed by atoms with van der Waals surface area (Å²) in [5.41, 5.74) is -3.29. The maximum absolute atomic E-state index is 14.0. The Bertz CT molecular complexity index is 909. The molecule has 1 aromatic heterocycles. The molecule has 2 aromatic rings. The molecule has 8 heteroatoms. The van der Waals surface area contributed by atoms with Crippen LogP contribution in [0.25, 0.3) is 0 Å². The largest absolute Gasteiger partial charge is 0.458 e. The number of ether oxygens (including phenoxy) is 1. The summed E-state index contributed by atoms with van der Waals surface area (Å²) >= 11 is 0. The number of alkyl halides is 5. The SMILES string of the molecule is COC1(c2ccccn2)CC(C)(C)C(=O)c2ccc(C(F)(F)C(F)(F)F)cc21. The Kier molecular flexibility index (Phi) is 4.61. The van der Waals surface area contributed by atoms with E-state index in [0.29, 0.717) is 17.8 Å². The third-order valence-corrected chi connectivity index (χ3v) is 5.15. The van der Waals surface area contributed by atoms with Gasteiger partial charge >= 0.3 is 12.1 Å². The van der Waals surface area contributed by atoms with Crippen molar-refractivity contribution >= 4 is 5.78 Å². The first kappa shape index (κ1) is 20.4. The van der Waals surface area contributed by atoms with Crippen LogP contribution < -0.4 is 0 Å². The Balaban J connectivity index is 2.33. The van der Waals surface area contributed by atoms with Crippen LogP contribution >= 0.6 is 0 Å². The van der Waals surface area contributed by atoms with Crippen LogP contribution in [0, 0.1) is 5.41 Å². The lowest BCUT2D eigenvalue weighted by molar-refractivity contribution is -0.289. The summed E-state index contributed by atoms with van der Waals surface area (Å²) in [6.45, 7) is 3.35. The van der Waals surface area contributed by atoms with Crippen LogP contribution in [0.5, 0.6) is 0 Å². The second-order valence-corrected chi connectivity index (χ2v) is 7.47. The second kappa shape index (κ2) is 6.34. The summed E-state index contributed by atoms with van der Waals surface area (Å²) in [5, 5.41) is 0. The molecule has 0 N–H and O–H groups in total. The highest BCUT2D eigenvalue weighted by Crippen LogP contribution is 2.51. The van der Waals surface area contributed by atoms with E-state index in [1.165, 1.54) is 13.3 Å². The molecular formula is C20H18F5NO2. The van der Waals surface area contributed by atoms with Crippen LogP contribution in [0.4, 0.5) is 22.0 Å². The Morgan fingerprint density at radius 1 is 1.07 bits per heavy atom. The summed E-state index contributed by atoms with van der Waals surface area (Å²) in [6.07, 6.45) is -4.26. The molecule has 0 saturated carbocycles. The van der Waals surface area contributed by atoms with Crippen LogP contribution in [0.3, 0.4) is 0 Å². The van der Waals surface area contributed by atoms with E-state index >= 15 is 0 Å². The molecule has 3 rings (SSSR count). The fourth-order valence-electron chi connectivity index (χ4n) is 3.71. The minimum atomic E-state index is -5.76. The molecule has 28 heavy (non-hydrogen) atoms. The molecule has 0 amide bonds. The van der Waals surface area contributed by atoms with Gasteiger partial charge in [0.2, 0.25) is 0 Å². The van der Waals surface area contributed by atoms with Crippen LogP contribution in [0.15, 0.2) is 42.6 Å². The smallest absolute Gasteiger partial charge is 0.367 e. The quantitative estimate of drug-likeness (QED) is 0.663. The summed E-state index contributed by atoms with van der Waals surface area (Å²) in [6, 6.07) is 7.26. The van der Waals surface area contributed by atoms with Gasteiger partial charge < -0.3 is 4.74 Å². The van der Waals surface area contributed by atoms with Gasteiger partial charge in [-0.1, -0.05) is 32.0 Å². The van der Waals surface area contributed by atoms with Crippen molar-refractivity contribution in [3.8, 4) is 0 Å². The van der Waals surface area contributed by atoms with Gasteiger partial charge in [0.25, 0.3) is 0 Å². The zero-order valence-corrected chi connectivity index (χ0v) is 15.4. The van der Waals surface area contributed by atoms with Gasteiger partial charge in [0.05, 0.1) is 5.69 Å². The molecule has 1 aromatic carbocycles. The van der Waals surface area contributed by atoms with E-state index in [0.717, 1.165) is 6.07 Å². The predicted molar refractivity (Wildman–Crippen MR) is 91.1 cm³/mol. The van der Waals surface area contributed by atoms with Gasteiger partial charge in [-0.05, 0) is 24.6 Å². The Labute approximate surface area is 158 Å². The summed E-state index contributed by atoms with van der Waals surface area (Å²) < 4.78 is 72.3. The van der Waals surface area contributed by atoms with Crippen molar-refractivity contribution in [1.82, 2.24) is 4.98 Å². The van der Waals surface area contributed by atoms with Gasteiger partial charge in [-0.2, -0.15) is 22.0 Å². The summed E-state index contributed by atoms with van der Waals surface area (Å²) in [4.78, 5) is 17.1. The van der Waals surface area contributed by atoms with E-state index in [1.54, 1.807) is 32.0 Å². The average molecular weight is 399 g/mol. The van der Waals surface area contributed by atoms with E-state index in [1.807, 2.05) is 0 Å². The number of fused-ring (bicyclic) bond motifs is 1. The van der Waals surface area contributed by atoms with Crippen molar-refractivity contribution in [2.75, 3.05) is 7.11 Å². The van der Waals surface area contributed by atoms with Crippen molar-refractivity contribution in [3.05, 3.63) is 65.0 Å². The maximum Gasteiger partial charge on any atom is 0.458 e. The van der Waals surface area contributed by atoms with Crippen LogP contribution in [-0.4, -0.2) is 24.1 Å². The fraction of sp³-hybridized carbons (Fsp3) is 0.400. The minimum absolute atomic E-state index is 0.0421. The molecule has 1 aliphatic rings. The molecular weight excluding hydrogens is 381 g/mol. The van der Waals surface area contributed by atoms with Gasteiger partial charge in [0.15, 0.2) is 5.78 Å². The van der Waals surface area contributed by atoms with Gasteiger partial charge in [0.1, 0.15) is 5.60 Å². The number of methoxy groups -OCH3 is 1. The highest BCUT2D eigenvalue weighted by Gasteiger charge is 2.60. The first-order valence-corrected chi connectivity index (χ1v) is 8.48. The van der Waals surface area contributed by atoms with Crippen molar-refractivity contribution in [3.63, 3.8) is 0 Å². The minimum Gasteiger partial charge on any atom is -0.367 e. The van der Waals surface area contributed by atoms with Crippen molar-refractivity contribution in [2.45, 2.75) is 38.0 Å². The molecule has 0 aliphatic heterocycles. The van der Waals surface area contributed by atoms with E-state index in [9.17, 15) is 26.7 Å². The molecule has 1 aliphatic carbocycles. The number of rotatable bonds is 3. The third-order valence-electron chi connectivity index (χ3n) is 5.15. The summed E-state index contributed by atoms with van der Waals surface area (Å²) in [5.74, 6) is -5.42. The van der Waals surface area contributed by atoms with E-state index < -0.39 is 28.7 Å². The van der Waals surface area contributed by atoms with Gasteiger partial charge in [-0.25, -0.2) is 0 Å². The molecule has 0 saturated heterocycles. The summed E-state index contributed by atoms with van der Waals surface area (Å²) in [7, 11) is 1.32. The number of aromatic nitrogens is 1. The van der Waals surface area contributed by atoms with Crippen molar-refractivity contribution in [2.24, 2.45) is 5.41 Å². The van der Waals surface area contributed by atoms with Crippen LogP contribution in [0.2, 0.25) is 0 Å². The molecule has 0 fully saturated rings. The first-order valence-electron chi connectivity index (χ1n) is 8.48. The van der Waals surface area contributed by atoms with E-state index in [-0.39, 0.29) is 23.3 Å². The zero-order valence-electron chi connectivity index (χ0n) is 15.4. The Hall–Kier alpha value is -2.35. The zero-order chi connectivity index (χ0) is 21.0. The molecule has 0 radical (unpaired) electrons. The molecule has 0 bridgehead atoms. The number of halogens is 5. The number of nitrogens with zero attached hydrogens (tertiary/aromatic N) is 1. The highest BCUT2D eigenvalue weighted by atomic mass is 19.4. The first-order chi connectivity index (χ1) is 12.9. The molecule has 150 valence electrons. The van der Waals surface area contributed by atoms with Crippen LogP contribution in [-0.2, 0) is 16.3 Å². The molecule has 1 unspecified atom stereocenters. The van der Waals surface area contributed by atoms with Gasteiger partial charge in [-0.3, -0.25) is 9.78 Å². The number of Topliss-reactive ketones (excluding diaryl/α,β-unsaturated/α-hetero) is 1. The van der Waals surface area contributed by atoms with E-state index in [2.05, 4.69) is 4.98 Å². The lowest BCUT2D eigenvalue weighted by atomic mass is 9.64. The highest BCUT2D eigenvalue weighted by molar-refractivity contribution is 6.03. The number of carbonyl (C=O) groups is 1. The molecule has 1 heterocycles. The number of hydrogen-bond acceptors (Lipinski definition) is 3. The third kappa shape index (κ3) is 2.90. The number of ketones is 1.